The van der Waals surface area contributed by atoms with E-state index >= 15 is 0 Å². The molecule has 2 heteroatoms. The summed E-state index contributed by atoms with van der Waals surface area (Å²) in [6, 6.07) is 0.752. The van der Waals surface area contributed by atoms with E-state index in [1.165, 1.54) is 109 Å². The number of hydrogen-bond acceptors (Lipinski definition) is 1. The Balaban J connectivity index is 0. The lowest BCUT2D eigenvalue weighted by atomic mass is 10.0. The zero-order valence-corrected chi connectivity index (χ0v) is 19.2. The second-order valence-corrected chi connectivity index (χ2v) is 7.90. The van der Waals surface area contributed by atoms with Crippen molar-refractivity contribution in [3.63, 3.8) is 0 Å². The Kier molecular flexibility index (Phi) is 23.9. The molecule has 1 nitrogen and oxygen atoms in total. The maximum atomic E-state index is 2.34. The van der Waals surface area contributed by atoms with Crippen molar-refractivity contribution in [1.82, 2.24) is 4.90 Å². The van der Waals surface area contributed by atoms with E-state index in [9.17, 15) is 0 Å². The first kappa shape index (κ1) is 26.7. The average molecular weight is 407 g/mol. The summed E-state index contributed by atoms with van der Waals surface area (Å²) in [4.78, 5) is 2.34. The van der Waals surface area contributed by atoms with Gasteiger partial charge in [-0.25, -0.2) is 0 Å². The second-order valence-electron chi connectivity index (χ2n) is 7.90. The van der Waals surface area contributed by atoms with Gasteiger partial charge in [0.1, 0.15) is 0 Å². The molecule has 0 aromatic rings. The topological polar surface area (TPSA) is 3.24 Å². The van der Waals surface area contributed by atoms with Gasteiger partial charge in [0.2, 0.25) is 0 Å². The molecule has 0 saturated carbocycles. The van der Waals surface area contributed by atoms with Gasteiger partial charge in [0, 0.05) is 6.04 Å². The lowest BCUT2D eigenvalue weighted by Gasteiger charge is -2.19. The summed E-state index contributed by atoms with van der Waals surface area (Å²) in [5, 5.41) is 0. The zero-order valence-electron chi connectivity index (χ0n) is 17.5. The van der Waals surface area contributed by atoms with Gasteiger partial charge in [-0.1, -0.05) is 110 Å². The van der Waals surface area contributed by atoms with Crippen molar-refractivity contribution >= 4 is 17.0 Å². The van der Waals surface area contributed by atoms with Crippen molar-refractivity contribution in [2.75, 3.05) is 14.1 Å². The van der Waals surface area contributed by atoms with E-state index in [-0.39, 0.29) is 17.0 Å². The van der Waals surface area contributed by atoms with Gasteiger partial charge in [-0.15, -0.1) is 17.0 Å². The first-order valence-corrected chi connectivity index (χ1v) is 10.8. The fourth-order valence-electron chi connectivity index (χ4n) is 3.25. The minimum atomic E-state index is 0. The molecular formula is C22H48BrN. The Morgan fingerprint density at radius 3 is 1.12 bits per heavy atom. The molecule has 0 amide bonds. The summed E-state index contributed by atoms with van der Waals surface area (Å²) in [6.07, 6.45) is 24.7. The van der Waals surface area contributed by atoms with Crippen molar-refractivity contribution in [2.45, 2.75) is 129 Å². The average Bonchev–Trinajstić information content (AvgIpc) is 2.54. The van der Waals surface area contributed by atoms with Crippen LogP contribution < -0.4 is 0 Å². The molecule has 0 aromatic heterocycles. The molecule has 0 saturated heterocycles. The van der Waals surface area contributed by atoms with E-state index in [0.29, 0.717) is 0 Å². The molecule has 0 fully saturated rings. The lowest BCUT2D eigenvalue weighted by molar-refractivity contribution is 0.291. The third-order valence-electron chi connectivity index (χ3n) is 5.36. The highest BCUT2D eigenvalue weighted by Crippen LogP contribution is 2.14. The van der Waals surface area contributed by atoms with Gasteiger partial charge < -0.3 is 4.90 Å². The molecule has 148 valence electrons. The van der Waals surface area contributed by atoms with E-state index in [1.807, 2.05) is 0 Å². The minimum absolute atomic E-state index is 0. The van der Waals surface area contributed by atoms with Gasteiger partial charge in [0.05, 0.1) is 0 Å². The molecule has 0 aliphatic heterocycles. The molecule has 1 atom stereocenters. The summed E-state index contributed by atoms with van der Waals surface area (Å²) >= 11 is 0. The van der Waals surface area contributed by atoms with E-state index in [2.05, 4.69) is 32.8 Å². The van der Waals surface area contributed by atoms with Crippen molar-refractivity contribution in [3.05, 3.63) is 0 Å². The number of hydrogen-bond donors (Lipinski definition) is 0. The highest BCUT2D eigenvalue weighted by atomic mass is 79.9. The molecule has 0 rings (SSSR count). The molecule has 0 aliphatic carbocycles. The Morgan fingerprint density at radius 2 is 0.833 bits per heavy atom. The first-order valence-electron chi connectivity index (χ1n) is 10.8. The van der Waals surface area contributed by atoms with Gasteiger partial charge >= 0.3 is 0 Å². The molecule has 24 heavy (non-hydrogen) atoms. The fourth-order valence-corrected chi connectivity index (χ4v) is 3.25. The van der Waals surface area contributed by atoms with Crippen LogP contribution in [-0.4, -0.2) is 25.0 Å². The van der Waals surface area contributed by atoms with Crippen molar-refractivity contribution in [3.8, 4) is 0 Å². The predicted octanol–water partition coefficient (Wildman–Crippen LogP) is 8.17. The Morgan fingerprint density at radius 1 is 0.542 bits per heavy atom. The smallest absolute Gasteiger partial charge is 0.00608 e. The van der Waals surface area contributed by atoms with Gasteiger partial charge in [0.15, 0.2) is 0 Å². The largest absolute Gasteiger partial charge is 0.307 e. The van der Waals surface area contributed by atoms with Crippen LogP contribution in [0.4, 0.5) is 0 Å². The zero-order chi connectivity index (χ0) is 17.2. The highest BCUT2D eigenvalue weighted by molar-refractivity contribution is 8.93. The van der Waals surface area contributed by atoms with Crippen molar-refractivity contribution in [2.24, 2.45) is 0 Å². The third-order valence-corrected chi connectivity index (χ3v) is 5.36. The lowest BCUT2D eigenvalue weighted by Crippen LogP contribution is -2.24. The van der Waals surface area contributed by atoms with Gasteiger partial charge in [-0.2, -0.15) is 0 Å². The monoisotopic (exact) mass is 405 g/mol. The van der Waals surface area contributed by atoms with Crippen LogP contribution in [0.15, 0.2) is 0 Å². The predicted molar refractivity (Wildman–Crippen MR) is 118 cm³/mol. The second kappa shape index (κ2) is 21.5. The normalized spacial score (nSPS) is 12.4. The summed E-state index contributed by atoms with van der Waals surface area (Å²) in [7, 11) is 4.38. The number of nitrogens with zero attached hydrogens (tertiary/aromatic N) is 1. The van der Waals surface area contributed by atoms with Crippen LogP contribution in [0.2, 0.25) is 0 Å². The fraction of sp³-hybridized carbons (Fsp3) is 1.00. The molecule has 0 heterocycles. The molecule has 0 radical (unpaired) electrons. The molecular weight excluding hydrogens is 358 g/mol. The number of halogens is 1. The minimum Gasteiger partial charge on any atom is -0.307 e. The van der Waals surface area contributed by atoms with Gasteiger partial charge in [-0.05, 0) is 27.4 Å². The highest BCUT2D eigenvalue weighted by Gasteiger charge is 2.03. The third kappa shape index (κ3) is 20.5. The van der Waals surface area contributed by atoms with Gasteiger partial charge in [-0.3, -0.25) is 0 Å². The van der Waals surface area contributed by atoms with E-state index in [0.717, 1.165) is 6.04 Å². The number of unbranched alkanes of at least 4 members (excludes halogenated alkanes) is 15. The summed E-state index contributed by atoms with van der Waals surface area (Å²) in [5.41, 5.74) is 0. The molecule has 0 bridgehead atoms. The van der Waals surface area contributed by atoms with E-state index in [1.54, 1.807) is 0 Å². The Labute approximate surface area is 165 Å². The molecule has 1 unspecified atom stereocenters. The molecule has 0 aliphatic rings. The van der Waals surface area contributed by atoms with Crippen LogP contribution >= 0.6 is 17.0 Å². The van der Waals surface area contributed by atoms with Crippen LogP contribution in [0.5, 0.6) is 0 Å². The first-order chi connectivity index (χ1) is 11.2. The van der Waals surface area contributed by atoms with E-state index in [4.69, 9.17) is 0 Å². The Hall–Kier alpha value is 0.440. The Bertz CT molecular complexity index is 218. The summed E-state index contributed by atoms with van der Waals surface area (Å²) in [6.45, 7) is 4.64. The van der Waals surface area contributed by atoms with Crippen LogP contribution in [0, 0.1) is 0 Å². The maximum Gasteiger partial charge on any atom is 0.00608 e. The number of rotatable bonds is 18. The molecule has 0 aromatic carbocycles. The molecule has 0 N–H and O–H groups in total. The van der Waals surface area contributed by atoms with Crippen molar-refractivity contribution in [1.29, 1.82) is 0 Å². The quantitative estimate of drug-likeness (QED) is 0.208. The summed E-state index contributed by atoms with van der Waals surface area (Å²) < 4.78 is 0. The van der Waals surface area contributed by atoms with Crippen molar-refractivity contribution < 1.29 is 0 Å². The SMILES string of the molecule is Br.CCCCCCCCCCCCCCCCCCC(C)N(C)C. The van der Waals surface area contributed by atoms with Crippen LogP contribution in [0.25, 0.3) is 0 Å². The van der Waals surface area contributed by atoms with Crippen LogP contribution in [0.1, 0.15) is 123 Å². The molecule has 0 spiro atoms. The summed E-state index contributed by atoms with van der Waals surface area (Å²) in [5.74, 6) is 0. The van der Waals surface area contributed by atoms with Crippen LogP contribution in [0.3, 0.4) is 0 Å². The van der Waals surface area contributed by atoms with Crippen LogP contribution in [-0.2, 0) is 0 Å². The van der Waals surface area contributed by atoms with E-state index < -0.39 is 0 Å². The maximum absolute atomic E-state index is 2.34. The standard InChI is InChI=1S/C22H47N.BrH/c1-5-6-7-8-9-10-11-12-13-14-15-16-17-18-19-20-21-22(2)23(3)4;/h22H,5-21H2,1-4H3;1H. The van der Waals surface area contributed by atoms with Gasteiger partial charge in [0.25, 0.3) is 0 Å².